The average molecular weight is 307 g/mol. The maximum Gasteiger partial charge on any atom is 0.306 e. The molecule has 1 aromatic heterocycles. The number of nitrogens with one attached hydrogen (secondary N) is 1. The lowest BCUT2D eigenvalue weighted by Gasteiger charge is -2.08. The smallest absolute Gasteiger partial charge is 0.306 e. The summed E-state index contributed by atoms with van der Waals surface area (Å²) in [6.45, 7) is 1.74. The maximum atomic E-state index is 11.9. The van der Waals surface area contributed by atoms with E-state index in [1.54, 1.807) is 6.92 Å². The SMILES string of the molecule is CC(CCCNS(=O)(=O)c1cccnc1Cl)C(=O)O. The number of carboxylic acids is 1. The quantitative estimate of drug-likeness (QED) is 0.588. The highest BCUT2D eigenvalue weighted by Crippen LogP contribution is 2.17. The molecule has 0 aliphatic heterocycles. The summed E-state index contributed by atoms with van der Waals surface area (Å²) in [6, 6.07) is 2.84. The van der Waals surface area contributed by atoms with Crippen molar-refractivity contribution in [1.29, 1.82) is 0 Å². The molecule has 0 spiro atoms. The first-order chi connectivity index (χ1) is 8.84. The molecule has 1 atom stereocenters. The molecule has 0 radical (unpaired) electrons. The third-order valence-electron chi connectivity index (χ3n) is 2.54. The summed E-state index contributed by atoms with van der Waals surface area (Å²) in [5.74, 6) is -1.38. The molecule has 0 aliphatic carbocycles. The van der Waals surface area contributed by atoms with Crippen molar-refractivity contribution in [3.05, 3.63) is 23.5 Å². The Bertz CT molecular complexity index is 547. The van der Waals surface area contributed by atoms with Crippen molar-refractivity contribution in [2.45, 2.75) is 24.7 Å². The zero-order valence-electron chi connectivity index (χ0n) is 10.3. The Kier molecular flexibility index (Phi) is 5.71. The van der Waals surface area contributed by atoms with Crippen LogP contribution in [0.1, 0.15) is 19.8 Å². The number of sulfonamides is 1. The number of pyridine rings is 1. The highest BCUT2D eigenvalue weighted by Gasteiger charge is 2.18. The molecule has 106 valence electrons. The predicted molar refractivity (Wildman–Crippen MR) is 70.5 cm³/mol. The summed E-state index contributed by atoms with van der Waals surface area (Å²) >= 11 is 5.71. The van der Waals surface area contributed by atoms with Crippen LogP contribution >= 0.6 is 11.6 Å². The Morgan fingerprint density at radius 3 is 2.84 bits per heavy atom. The molecule has 8 heteroatoms. The van der Waals surface area contributed by atoms with Crippen molar-refractivity contribution in [2.75, 3.05) is 6.54 Å². The van der Waals surface area contributed by atoms with Gasteiger partial charge in [-0.05, 0) is 25.0 Å². The maximum absolute atomic E-state index is 11.9. The number of aromatic nitrogens is 1. The first kappa shape index (κ1) is 15.9. The van der Waals surface area contributed by atoms with Gasteiger partial charge in [-0.1, -0.05) is 18.5 Å². The van der Waals surface area contributed by atoms with Crippen molar-refractivity contribution in [3.8, 4) is 0 Å². The van der Waals surface area contributed by atoms with Gasteiger partial charge in [-0.2, -0.15) is 0 Å². The van der Waals surface area contributed by atoms with Crippen molar-refractivity contribution in [1.82, 2.24) is 9.71 Å². The van der Waals surface area contributed by atoms with E-state index in [-0.39, 0.29) is 16.6 Å². The van der Waals surface area contributed by atoms with E-state index < -0.39 is 21.9 Å². The largest absolute Gasteiger partial charge is 0.481 e. The fraction of sp³-hybridized carbons (Fsp3) is 0.455. The molecule has 1 rings (SSSR count). The molecule has 1 heterocycles. The van der Waals surface area contributed by atoms with E-state index in [1.165, 1.54) is 18.3 Å². The highest BCUT2D eigenvalue weighted by molar-refractivity contribution is 7.89. The molecule has 0 aromatic carbocycles. The number of hydrogen-bond donors (Lipinski definition) is 2. The Labute approximate surface area is 116 Å². The van der Waals surface area contributed by atoms with Gasteiger partial charge in [0.25, 0.3) is 0 Å². The fourth-order valence-corrected chi connectivity index (χ4v) is 2.91. The topological polar surface area (TPSA) is 96.4 Å². The third-order valence-corrected chi connectivity index (χ3v) is 4.45. The molecule has 0 bridgehead atoms. The predicted octanol–water partition coefficient (Wildman–Crippen LogP) is 1.51. The van der Waals surface area contributed by atoms with Crippen molar-refractivity contribution in [3.63, 3.8) is 0 Å². The normalized spacial score (nSPS) is 13.2. The van der Waals surface area contributed by atoms with Gasteiger partial charge < -0.3 is 5.11 Å². The summed E-state index contributed by atoms with van der Waals surface area (Å²) in [6.07, 6.45) is 2.24. The number of halogens is 1. The standard InChI is InChI=1S/C11H15ClN2O4S/c1-8(11(15)16)4-2-7-14-19(17,18)9-5-3-6-13-10(9)12/h3,5-6,8,14H,2,4,7H2,1H3,(H,15,16). The molecular weight excluding hydrogens is 292 g/mol. The first-order valence-corrected chi connectivity index (χ1v) is 7.53. The van der Waals surface area contributed by atoms with E-state index in [0.717, 1.165) is 0 Å². The van der Waals surface area contributed by atoms with E-state index in [0.29, 0.717) is 12.8 Å². The van der Waals surface area contributed by atoms with Crippen molar-refractivity contribution >= 4 is 27.6 Å². The minimum absolute atomic E-state index is 0.0806. The summed E-state index contributed by atoms with van der Waals surface area (Å²) < 4.78 is 26.1. The number of carbonyl (C=O) groups is 1. The summed E-state index contributed by atoms with van der Waals surface area (Å²) in [7, 11) is -3.70. The minimum Gasteiger partial charge on any atom is -0.481 e. The monoisotopic (exact) mass is 306 g/mol. The molecule has 6 nitrogen and oxygen atoms in total. The summed E-state index contributed by atoms with van der Waals surface area (Å²) in [4.78, 5) is 14.2. The lowest BCUT2D eigenvalue weighted by molar-refractivity contribution is -0.141. The fourth-order valence-electron chi connectivity index (χ4n) is 1.39. The summed E-state index contributed by atoms with van der Waals surface area (Å²) in [5.41, 5.74) is 0. The van der Waals surface area contributed by atoms with Crippen molar-refractivity contribution in [2.24, 2.45) is 5.92 Å². The zero-order chi connectivity index (χ0) is 14.5. The van der Waals surface area contributed by atoms with Gasteiger partial charge in [-0.25, -0.2) is 18.1 Å². The second kappa shape index (κ2) is 6.83. The van der Waals surface area contributed by atoms with Gasteiger partial charge in [0.1, 0.15) is 10.0 Å². The van der Waals surface area contributed by atoms with Crippen LogP contribution in [0.15, 0.2) is 23.2 Å². The van der Waals surface area contributed by atoms with Crippen LogP contribution in [0.2, 0.25) is 5.15 Å². The molecule has 0 aliphatic rings. The van der Waals surface area contributed by atoms with Crippen LogP contribution in [0.3, 0.4) is 0 Å². The van der Waals surface area contributed by atoms with Crippen LogP contribution in [0.4, 0.5) is 0 Å². The van der Waals surface area contributed by atoms with Crippen molar-refractivity contribution < 1.29 is 18.3 Å². The highest BCUT2D eigenvalue weighted by atomic mass is 35.5. The van der Waals surface area contributed by atoms with E-state index in [1.807, 2.05) is 0 Å². The molecule has 0 saturated heterocycles. The number of carboxylic acid groups (broad SMARTS) is 1. The van der Waals surface area contributed by atoms with Crippen LogP contribution in [0, 0.1) is 5.92 Å². The minimum atomic E-state index is -3.70. The molecule has 0 amide bonds. The Morgan fingerprint density at radius 1 is 1.58 bits per heavy atom. The van der Waals surface area contributed by atoms with E-state index >= 15 is 0 Å². The number of nitrogens with zero attached hydrogens (tertiary/aromatic N) is 1. The van der Waals surface area contributed by atoms with Crippen LogP contribution < -0.4 is 4.72 Å². The van der Waals surface area contributed by atoms with Crippen LogP contribution in [-0.4, -0.2) is 31.0 Å². The second-order valence-corrected chi connectivity index (χ2v) is 6.17. The lowest BCUT2D eigenvalue weighted by Crippen LogP contribution is -2.26. The first-order valence-electron chi connectivity index (χ1n) is 5.67. The van der Waals surface area contributed by atoms with E-state index in [2.05, 4.69) is 9.71 Å². The molecule has 2 N–H and O–H groups in total. The summed E-state index contributed by atoms with van der Waals surface area (Å²) in [5, 5.41) is 8.60. The molecular formula is C11H15ClN2O4S. The molecule has 19 heavy (non-hydrogen) atoms. The molecule has 0 fully saturated rings. The third kappa shape index (κ3) is 4.77. The number of hydrogen-bond acceptors (Lipinski definition) is 4. The molecule has 1 unspecified atom stereocenters. The molecule has 1 aromatic rings. The number of aliphatic carboxylic acids is 1. The molecule has 0 saturated carbocycles. The lowest BCUT2D eigenvalue weighted by atomic mass is 10.1. The van der Waals surface area contributed by atoms with Gasteiger partial charge in [-0.15, -0.1) is 0 Å². The van der Waals surface area contributed by atoms with E-state index in [4.69, 9.17) is 16.7 Å². The van der Waals surface area contributed by atoms with Gasteiger partial charge in [0.15, 0.2) is 0 Å². The second-order valence-electron chi connectivity index (χ2n) is 4.07. The van der Waals surface area contributed by atoms with Gasteiger partial charge in [0.2, 0.25) is 10.0 Å². The van der Waals surface area contributed by atoms with Gasteiger partial charge in [-0.3, -0.25) is 4.79 Å². The number of rotatable bonds is 7. The Hall–Kier alpha value is -1.18. The Morgan fingerprint density at radius 2 is 2.26 bits per heavy atom. The van der Waals surface area contributed by atoms with Crippen LogP contribution in [0.5, 0.6) is 0 Å². The Balaban J connectivity index is 2.53. The van der Waals surface area contributed by atoms with Gasteiger partial charge >= 0.3 is 5.97 Å². The van der Waals surface area contributed by atoms with Crippen LogP contribution in [0.25, 0.3) is 0 Å². The average Bonchev–Trinajstić information content (AvgIpc) is 2.34. The zero-order valence-corrected chi connectivity index (χ0v) is 11.9. The van der Waals surface area contributed by atoms with Gasteiger partial charge in [0, 0.05) is 12.7 Å². The van der Waals surface area contributed by atoms with Crippen LogP contribution in [-0.2, 0) is 14.8 Å². The van der Waals surface area contributed by atoms with Gasteiger partial charge in [0.05, 0.1) is 5.92 Å². The van der Waals surface area contributed by atoms with E-state index in [9.17, 15) is 13.2 Å².